The van der Waals surface area contributed by atoms with Crippen LogP contribution in [-0.2, 0) is 7.05 Å². The Labute approximate surface area is 67.1 Å². The highest BCUT2D eigenvalue weighted by Gasteiger charge is 1.78. The van der Waals surface area contributed by atoms with Crippen molar-refractivity contribution >= 4 is 0 Å². The van der Waals surface area contributed by atoms with E-state index in [0.29, 0.717) is 0 Å². The minimum Gasteiger partial charge on any atom is -1.00 e. The van der Waals surface area contributed by atoms with Crippen LogP contribution in [-0.4, -0.2) is 16.7 Å². The molecule has 0 bridgehead atoms. The fraction of sp³-hybridized carbons (Fsp3) is 0.500. The van der Waals surface area contributed by atoms with Crippen molar-refractivity contribution in [2.45, 2.75) is 6.92 Å². The molecule has 0 unspecified atom stereocenters. The van der Waals surface area contributed by atoms with Crippen LogP contribution in [0.1, 0.15) is 6.92 Å². The van der Waals surface area contributed by atoms with Crippen molar-refractivity contribution in [2.24, 2.45) is 7.05 Å². The van der Waals surface area contributed by atoms with Gasteiger partial charge in [0.25, 0.3) is 0 Å². The summed E-state index contributed by atoms with van der Waals surface area (Å²) in [6.07, 6.45) is 5.69. The first kappa shape index (κ1) is 12.2. The second kappa shape index (κ2) is 8.46. The third-order valence-electron chi connectivity index (χ3n) is 0.684. The average Bonchev–Trinajstić information content (AvgIpc) is 2.20. The lowest BCUT2D eigenvalue weighted by molar-refractivity contribution is -0.670. The summed E-state index contributed by atoms with van der Waals surface area (Å²) in [6.45, 7) is 1.93. The molecule has 3 nitrogen and oxygen atoms in total. The molecule has 4 heteroatoms. The van der Waals surface area contributed by atoms with Gasteiger partial charge in [-0.3, -0.25) is 4.98 Å². The van der Waals surface area contributed by atoms with Gasteiger partial charge in [0.05, 0.1) is 7.05 Å². The van der Waals surface area contributed by atoms with E-state index in [1.807, 2.05) is 30.3 Å². The van der Waals surface area contributed by atoms with Crippen LogP contribution in [0.15, 0.2) is 18.7 Å². The Morgan fingerprint density at radius 1 is 1.60 bits per heavy atom. The Balaban J connectivity index is 0. The van der Waals surface area contributed by atoms with Crippen LogP contribution in [0.4, 0.5) is 0 Å². The van der Waals surface area contributed by atoms with Crippen LogP contribution < -0.4 is 17.0 Å². The number of nitrogens with one attached hydrogen (secondary N) is 1. The summed E-state index contributed by atoms with van der Waals surface area (Å²) in [5, 5.41) is 7.57. The predicted molar refractivity (Wildman–Crippen MR) is 34.7 cm³/mol. The van der Waals surface area contributed by atoms with Crippen molar-refractivity contribution in [3.05, 3.63) is 18.7 Å². The van der Waals surface area contributed by atoms with Gasteiger partial charge < -0.3 is 17.5 Å². The molecule has 0 saturated heterocycles. The molecule has 0 amide bonds. The quantitative estimate of drug-likeness (QED) is 0.391. The van der Waals surface area contributed by atoms with Crippen molar-refractivity contribution < 1.29 is 22.1 Å². The number of aryl methyl sites for hydroxylation is 1. The standard InChI is InChI=1S/C4H6N2.C2H6O.ClH/c1-6-3-2-5-4-6;1-2-3;/h2-4H,1H3;3H,2H2,1H3;1H. The number of aliphatic hydroxyl groups is 1. The lowest BCUT2D eigenvalue weighted by atomic mass is 10.9. The van der Waals surface area contributed by atoms with Crippen LogP contribution in [0, 0.1) is 0 Å². The smallest absolute Gasteiger partial charge is 0.241 e. The van der Waals surface area contributed by atoms with Gasteiger partial charge in [-0.05, 0) is 6.92 Å². The second-order valence-electron chi connectivity index (χ2n) is 1.59. The largest absolute Gasteiger partial charge is 1.00 e. The van der Waals surface area contributed by atoms with Crippen LogP contribution in [0.25, 0.3) is 0 Å². The van der Waals surface area contributed by atoms with Crippen molar-refractivity contribution in [2.75, 3.05) is 6.61 Å². The van der Waals surface area contributed by atoms with Gasteiger partial charge in [-0.1, -0.05) is 0 Å². The zero-order valence-corrected chi connectivity index (χ0v) is 6.97. The molecular weight excluding hydrogens is 152 g/mol. The molecule has 0 saturated carbocycles. The average molecular weight is 165 g/mol. The van der Waals surface area contributed by atoms with Gasteiger partial charge in [-0.2, -0.15) is 0 Å². The van der Waals surface area contributed by atoms with Gasteiger partial charge in [0.1, 0.15) is 12.4 Å². The van der Waals surface area contributed by atoms with E-state index in [1.54, 1.807) is 6.92 Å². The van der Waals surface area contributed by atoms with Gasteiger partial charge in [-0.25, -0.2) is 4.57 Å². The summed E-state index contributed by atoms with van der Waals surface area (Å²) in [5.41, 5.74) is 0. The first-order valence-electron chi connectivity index (χ1n) is 2.90. The number of hydrogen-bond acceptors (Lipinski definition) is 1. The van der Waals surface area contributed by atoms with E-state index in [1.165, 1.54) is 0 Å². The highest BCUT2D eigenvalue weighted by atomic mass is 35.5. The first-order valence-corrected chi connectivity index (χ1v) is 2.90. The molecule has 1 aromatic heterocycles. The van der Waals surface area contributed by atoms with Gasteiger partial charge in [0.2, 0.25) is 6.33 Å². The molecule has 2 N–H and O–H groups in total. The Kier molecular flexibility index (Phi) is 10.3. The number of halogens is 1. The molecule has 0 spiro atoms. The van der Waals surface area contributed by atoms with Gasteiger partial charge in [-0.15, -0.1) is 0 Å². The number of nitrogens with zero attached hydrogens (tertiary/aromatic N) is 1. The number of aromatic amines is 1. The van der Waals surface area contributed by atoms with Gasteiger partial charge in [0, 0.05) is 6.61 Å². The van der Waals surface area contributed by atoms with E-state index in [9.17, 15) is 0 Å². The van der Waals surface area contributed by atoms with Crippen molar-refractivity contribution in [1.82, 2.24) is 4.98 Å². The number of aliphatic hydroxyl groups excluding tert-OH is 1. The molecule has 0 atom stereocenters. The summed E-state index contributed by atoms with van der Waals surface area (Å²) in [4.78, 5) is 2.89. The predicted octanol–water partition coefficient (Wildman–Crippen LogP) is -3.16. The van der Waals surface area contributed by atoms with Gasteiger partial charge >= 0.3 is 0 Å². The molecule has 1 heterocycles. The molecule has 0 fully saturated rings. The number of rotatable bonds is 0. The molecule has 0 aliphatic heterocycles. The molecule has 0 aliphatic carbocycles. The summed E-state index contributed by atoms with van der Waals surface area (Å²) in [7, 11) is 1.97. The van der Waals surface area contributed by atoms with E-state index in [4.69, 9.17) is 5.11 Å². The minimum atomic E-state index is 0. The number of hydrogen-bond donors (Lipinski definition) is 2. The molecule has 10 heavy (non-hydrogen) atoms. The fourth-order valence-electron chi connectivity index (χ4n) is 0.364. The number of imidazole rings is 1. The molecular formula is C6H13ClN2O. The van der Waals surface area contributed by atoms with Crippen LogP contribution in [0.2, 0.25) is 0 Å². The number of H-pyrrole nitrogens is 1. The lowest BCUT2D eigenvalue weighted by Gasteiger charge is -1.66. The van der Waals surface area contributed by atoms with Crippen LogP contribution >= 0.6 is 0 Å². The zero-order valence-electron chi connectivity index (χ0n) is 6.21. The fourth-order valence-corrected chi connectivity index (χ4v) is 0.364. The second-order valence-corrected chi connectivity index (χ2v) is 1.59. The lowest BCUT2D eigenvalue weighted by Crippen LogP contribution is -3.00. The SMILES string of the molecule is CCO.C[n+]1cc[nH]c1.[Cl-]. The maximum absolute atomic E-state index is 7.57. The molecule has 1 aromatic rings. The van der Waals surface area contributed by atoms with Crippen molar-refractivity contribution in [3.63, 3.8) is 0 Å². The van der Waals surface area contributed by atoms with E-state index in [2.05, 4.69) is 4.98 Å². The summed E-state index contributed by atoms with van der Waals surface area (Å²) in [6, 6.07) is 0. The van der Waals surface area contributed by atoms with E-state index in [0.717, 1.165) is 0 Å². The Morgan fingerprint density at radius 3 is 2.20 bits per heavy atom. The molecule has 60 valence electrons. The monoisotopic (exact) mass is 164 g/mol. The minimum absolute atomic E-state index is 0. The summed E-state index contributed by atoms with van der Waals surface area (Å²) >= 11 is 0. The molecule has 0 aromatic carbocycles. The Bertz CT molecular complexity index is 130. The maximum Gasteiger partial charge on any atom is 0.241 e. The highest BCUT2D eigenvalue weighted by Crippen LogP contribution is 1.59. The third-order valence-corrected chi connectivity index (χ3v) is 0.684. The third kappa shape index (κ3) is 7.46. The van der Waals surface area contributed by atoms with Gasteiger partial charge in [0.15, 0.2) is 0 Å². The molecule has 1 rings (SSSR count). The normalized spacial score (nSPS) is 7.10. The Morgan fingerprint density at radius 2 is 2.10 bits per heavy atom. The molecule has 0 aliphatic rings. The van der Waals surface area contributed by atoms with Crippen molar-refractivity contribution in [3.8, 4) is 0 Å². The van der Waals surface area contributed by atoms with E-state index >= 15 is 0 Å². The maximum atomic E-state index is 7.57. The first-order chi connectivity index (χ1) is 4.31. The summed E-state index contributed by atoms with van der Waals surface area (Å²) in [5.74, 6) is 0. The topological polar surface area (TPSA) is 39.9 Å². The number of aromatic nitrogens is 2. The highest BCUT2D eigenvalue weighted by molar-refractivity contribution is 4.54. The van der Waals surface area contributed by atoms with E-state index < -0.39 is 0 Å². The van der Waals surface area contributed by atoms with Crippen LogP contribution in [0.5, 0.6) is 0 Å². The summed E-state index contributed by atoms with van der Waals surface area (Å²) < 4.78 is 1.94. The van der Waals surface area contributed by atoms with Crippen molar-refractivity contribution in [1.29, 1.82) is 0 Å². The zero-order chi connectivity index (χ0) is 7.11. The van der Waals surface area contributed by atoms with E-state index in [-0.39, 0.29) is 19.0 Å². The molecule has 0 radical (unpaired) electrons. The Hall–Kier alpha value is -0.540. The van der Waals surface area contributed by atoms with Crippen LogP contribution in [0.3, 0.4) is 0 Å².